The summed E-state index contributed by atoms with van der Waals surface area (Å²) in [5.74, 6) is -2.87. The fourth-order valence-corrected chi connectivity index (χ4v) is 14.5. The van der Waals surface area contributed by atoms with Crippen molar-refractivity contribution in [2.24, 2.45) is 71.0 Å². The Kier molecular flexibility index (Phi) is 24.2. The van der Waals surface area contributed by atoms with Gasteiger partial charge in [-0.15, -0.1) is 0 Å². The van der Waals surface area contributed by atoms with Crippen LogP contribution in [0.2, 0.25) is 0 Å². The van der Waals surface area contributed by atoms with Crippen molar-refractivity contribution in [2.75, 3.05) is 0 Å². The molecule has 0 saturated heterocycles. The Balaban J connectivity index is 0.000000592. The summed E-state index contributed by atoms with van der Waals surface area (Å²) in [7, 11) is 0. The SMILES string of the molecule is Cc1ccc(C(=O)C2CCC(C)CC2)c(F)c1F.Cc1ccc(C(=O)C2CCC(C)CC2)c(F)c1F.Cc1ccc(C(=O)C2CCC(C3CCC(C)CC3)CC2)c(F)c1F.Cc1ccc(C(=O)C2CCC(C3CCC(C)CC3)CC2)c(F)c1F.[HH].[HH].[HH].[HH].[HH].[HH]. The van der Waals surface area contributed by atoms with Crippen LogP contribution in [0.1, 0.15) is 254 Å². The summed E-state index contributed by atoms with van der Waals surface area (Å²) in [4.78, 5) is 49.6. The number of hydrogen-bond acceptors (Lipinski definition) is 4. The van der Waals surface area contributed by atoms with Crippen LogP contribution >= 0.6 is 0 Å². The second-order valence-electron chi connectivity index (χ2n) is 26.9. The van der Waals surface area contributed by atoms with Gasteiger partial charge in [0.1, 0.15) is 0 Å². The number of benzene rings is 4. The van der Waals surface area contributed by atoms with Crippen LogP contribution in [0.4, 0.5) is 35.1 Å². The number of aryl methyl sites for hydroxylation is 4. The maximum atomic E-state index is 14.1. The predicted octanol–water partition coefficient (Wildman–Crippen LogP) is 22.2. The van der Waals surface area contributed by atoms with Gasteiger partial charge in [0.15, 0.2) is 69.7 Å². The fraction of sp³-hybridized carbons (Fsp3) is 0.611. The Hall–Kier alpha value is -5.00. The molecule has 0 spiro atoms. The highest BCUT2D eigenvalue weighted by Gasteiger charge is 2.36. The third kappa shape index (κ3) is 16.7. The molecule has 84 heavy (non-hydrogen) atoms. The van der Waals surface area contributed by atoms with E-state index in [-0.39, 0.29) is 99.9 Å². The third-order valence-electron chi connectivity index (χ3n) is 20.7. The smallest absolute Gasteiger partial charge is 0.169 e. The molecule has 0 heterocycles. The molecular weight excluding hydrogens is 1080 g/mol. The van der Waals surface area contributed by atoms with Crippen LogP contribution in [0.3, 0.4) is 0 Å². The maximum Gasteiger partial charge on any atom is 0.169 e. The normalized spacial score (nSPS) is 28.0. The van der Waals surface area contributed by atoms with Gasteiger partial charge in [0.25, 0.3) is 0 Å². The van der Waals surface area contributed by atoms with Crippen LogP contribution in [-0.2, 0) is 0 Å². The molecule has 0 N–H and O–H groups in total. The molecule has 6 saturated carbocycles. The molecule has 4 aromatic rings. The second kappa shape index (κ2) is 30.6. The Morgan fingerprint density at radius 1 is 0.262 bits per heavy atom. The first-order chi connectivity index (χ1) is 39.9. The van der Waals surface area contributed by atoms with E-state index in [0.717, 1.165) is 138 Å². The lowest BCUT2D eigenvalue weighted by atomic mass is 9.68. The minimum Gasteiger partial charge on any atom is -0.294 e. The Morgan fingerprint density at radius 3 is 0.607 bits per heavy atom. The molecule has 6 aliphatic rings. The van der Waals surface area contributed by atoms with Gasteiger partial charge in [0, 0.05) is 32.2 Å². The highest BCUT2D eigenvalue weighted by molar-refractivity contribution is 6.00. The molecule has 0 aliphatic heterocycles. The molecular formula is C72H104F8O4. The maximum absolute atomic E-state index is 14.1. The van der Waals surface area contributed by atoms with E-state index >= 15 is 0 Å². The van der Waals surface area contributed by atoms with Crippen molar-refractivity contribution in [3.05, 3.63) is 140 Å². The van der Waals surface area contributed by atoms with Crippen molar-refractivity contribution >= 4 is 23.1 Å². The van der Waals surface area contributed by atoms with E-state index in [1.165, 1.54) is 128 Å². The number of carbonyl (C=O) groups is 4. The average Bonchev–Trinajstić information content (AvgIpc) is 1.83. The van der Waals surface area contributed by atoms with Gasteiger partial charge >= 0.3 is 0 Å². The standard InChI is InChI=1S/2C21H28F2O.2C15H18F2O.6H2/c2*1-13-3-6-15(7-4-13)16-8-10-17(11-9-16)21(24)18-12-5-14(2)19(22)20(18)23;2*1-9-3-6-11(7-4-9)15(18)12-8-5-10(2)13(16)14(12)17;;;;;;/h2*5,12-13,15-17H,3-4,6-11H2,1-2H3;2*5,8-9,11H,3-4,6-7H2,1-2H3;6*1H. The molecule has 4 nitrogen and oxygen atoms in total. The topological polar surface area (TPSA) is 68.3 Å². The van der Waals surface area contributed by atoms with Gasteiger partial charge < -0.3 is 0 Å². The molecule has 0 atom stereocenters. The van der Waals surface area contributed by atoms with Gasteiger partial charge in [-0.25, -0.2) is 35.1 Å². The lowest BCUT2D eigenvalue weighted by molar-refractivity contribution is 0.0820. The number of ketones is 4. The van der Waals surface area contributed by atoms with E-state index in [1.54, 1.807) is 0 Å². The van der Waals surface area contributed by atoms with Gasteiger partial charge in [-0.2, -0.15) is 0 Å². The summed E-state index contributed by atoms with van der Waals surface area (Å²) in [6, 6.07) is 11.7. The predicted molar refractivity (Wildman–Crippen MR) is 330 cm³/mol. The largest absolute Gasteiger partial charge is 0.294 e. The zero-order valence-electron chi connectivity index (χ0n) is 51.2. The van der Waals surface area contributed by atoms with Crippen LogP contribution in [0.15, 0.2) is 48.5 Å². The van der Waals surface area contributed by atoms with Gasteiger partial charge in [-0.1, -0.05) is 103 Å². The number of hydrogen-bond donors (Lipinski definition) is 0. The Labute approximate surface area is 504 Å². The molecule has 6 aliphatic carbocycles. The molecule has 12 heteroatoms. The highest BCUT2D eigenvalue weighted by Crippen LogP contribution is 2.44. The number of halogens is 8. The molecule has 0 radical (unpaired) electrons. The monoisotopic (exact) mass is 1180 g/mol. The molecule has 0 unspecified atom stereocenters. The average molecular weight is 1190 g/mol. The van der Waals surface area contributed by atoms with E-state index in [1.807, 2.05) is 0 Å². The molecule has 6 fully saturated rings. The van der Waals surface area contributed by atoms with Crippen molar-refractivity contribution in [2.45, 2.75) is 209 Å². The van der Waals surface area contributed by atoms with Crippen molar-refractivity contribution in [1.29, 1.82) is 0 Å². The first-order valence-corrected chi connectivity index (χ1v) is 31.9. The van der Waals surface area contributed by atoms with Gasteiger partial charge in [0.2, 0.25) is 0 Å². The summed E-state index contributed by atoms with van der Waals surface area (Å²) in [6.07, 6.45) is 25.3. The number of rotatable bonds is 10. The lowest BCUT2D eigenvalue weighted by Crippen LogP contribution is -2.28. The summed E-state index contributed by atoms with van der Waals surface area (Å²) < 4.78 is 110. The first-order valence-electron chi connectivity index (χ1n) is 31.9. The molecule has 472 valence electrons. The molecule has 0 amide bonds. The summed E-state index contributed by atoms with van der Waals surface area (Å²) in [5, 5.41) is 0. The third-order valence-corrected chi connectivity index (χ3v) is 20.7. The minimum absolute atomic E-state index is 0. The second-order valence-corrected chi connectivity index (χ2v) is 26.9. The highest BCUT2D eigenvalue weighted by atomic mass is 19.2. The molecule has 10 rings (SSSR count). The van der Waals surface area contributed by atoms with E-state index in [4.69, 9.17) is 0 Å². The zero-order chi connectivity index (χ0) is 61.1. The van der Waals surface area contributed by atoms with Crippen LogP contribution in [-0.4, -0.2) is 23.1 Å². The van der Waals surface area contributed by atoms with Crippen LogP contribution < -0.4 is 0 Å². The zero-order valence-corrected chi connectivity index (χ0v) is 51.2. The van der Waals surface area contributed by atoms with Crippen LogP contribution in [0.5, 0.6) is 0 Å². The van der Waals surface area contributed by atoms with E-state index in [9.17, 15) is 54.3 Å². The number of carbonyl (C=O) groups excluding carboxylic acids is 4. The minimum atomic E-state index is -0.987. The van der Waals surface area contributed by atoms with E-state index in [0.29, 0.717) is 11.8 Å². The van der Waals surface area contributed by atoms with Crippen molar-refractivity contribution < 1.29 is 62.9 Å². The van der Waals surface area contributed by atoms with Gasteiger partial charge in [-0.3, -0.25) is 19.2 Å². The lowest BCUT2D eigenvalue weighted by Gasteiger charge is -2.37. The molecule has 4 aromatic carbocycles. The fourth-order valence-electron chi connectivity index (χ4n) is 14.5. The Bertz CT molecular complexity index is 2720. The summed E-state index contributed by atoms with van der Waals surface area (Å²) >= 11 is 0. The van der Waals surface area contributed by atoms with Crippen LogP contribution in [0, 0.1) is 145 Å². The summed E-state index contributed by atoms with van der Waals surface area (Å²) in [5.41, 5.74) is 0.678. The quantitative estimate of drug-likeness (QED) is 0.117. The van der Waals surface area contributed by atoms with Gasteiger partial charge in [-0.05, 0) is 224 Å². The van der Waals surface area contributed by atoms with E-state index < -0.39 is 46.5 Å². The molecule has 0 aromatic heterocycles. The van der Waals surface area contributed by atoms with Crippen molar-refractivity contribution in [3.8, 4) is 0 Å². The van der Waals surface area contributed by atoms with Crippen LogP contribution in [0.25, 0.3) is 0 Å². The van der Waals surface area contributed by atoms with Gasteiger partial charge in [0.05, 0.1) is 22.3 Å². The summed E-state index contributed by atoms with van der Waals surface area (Å²) in [6.45, 7) is 15.0. The first kappa shape index (κ1) is 66.5. The van der Waals surface area contributed by atoms with Crippen molar-refractivity contribution in [3.63, 3.8) is 0 Å². The molecule has 0 bridgehead atoms. The Morgan fingerprint density at radius 2 is 0.417 bits per heavy atom. The van der Waals surface area contributed by atoms with E-state index in [2.05, 4.69) is 27.7 Å². The number of Topliss-reactive ketones (excluding diaryl/α,β-unsaturated/α-hetero) is 4. The van der Waals surface area contributed by atoms with Crippen molar-refractivity contribution in [1.82, 2.24) is 0 Å².